The minimum Gasteiger partial charge on any atom is -0.392 e. The van der Waals surface area contributed by atoms with Gasteiger partial charge < -0.3 is 5.11 Å². The summed E-state index contributed by atoms with van der Waals surface area (Å²) in [7, 11) is 0. The van der Waals surface area contributed by atoms with Crippen molar-refractivity contribution < 1.29 is 5.11 Å². The van der Waals surface area contributed by atoms with Gasteiger partial charge >= 0.3 is 0 Å². The Morgan fingerprint density at radius 1 is 1.04 bits per heavy atom. The Hall–Kier alpha value is -2.18. The molecule has 0 aliphatic heterocycles. The summed E-state index contributed by atoms with van der Waals surface area (Å²) in [6, 6.07) is 14.1. The maximum Gasteiger partial charge on any atom is 0.214 e. The molecule has 1 N–H and O–H groups in total. The van der Waals surface area contributed by atoms with E-state index in [2.05, 4.69) is 41.5 Å². The molecule has 23 heavy (non-hydrogen) atoms. The molecule has 0 amide bonds. The molecule has 0 fully saturated rings. The molecule has 0 saturated carbocycles. The molecule has 0 atom stereocenters. The molecular weight excluding hydrogens is 308 g/mol. The molecule has 0 radical (unpaired) electrons. The van der Waals surface area contributed by atoms with Crippen molar-refractivity contribution in [2.45, 2.75) is 31.4 Å². The Morgan fingerprint density at radius 2 is 1.78 bits per heavy atom. The van der Waals surface area contributed by atoms with Gasteiger partial charge in [0.05, 0.1) is 12.3 Å². The van der Waals surface area contributed by atoms with Crippen molar-refractivity contribution in [3.63, 3.8) is 0 Å². The smallest absolute Gasteiger partial charge is 0.214 e. The van der Waals surface area contributed by atoms with Crippen LogP contribution in [0, 0.1) is 13.8 Å². The van der Waals surface area contributed by atoms with E-state index >= 15 is 0 Å². The van der Waals surface area contributed by atoms with Gasteiger partial charge in [-0.3, -0.25) is 0 Å². The van der Waals surface area contributed by atoms with Crippen molar-refractivity contribution >= 4 is 11.8 Å². The number of nitrogens with zero attached hydrogens (tertiary/aromatic N) is 4. The minimum atomic E-state index is 0.0678. The molecule has 118 valence electrons. The van der Waals surface area contributed by atoms with E-state index in [0.717, 1.165) is 27.7 Å². The van der Waals surface area contributed by atoms with E-state index in [1.54, 1.807) is 16.4 Å². The number of rotatable bonds is 5. The van der Waals surface area contributed by atoms with E-state index in [-0.39, 0.29) is 6.61 Å². The Balaban J connectivity index is 1.78. The molecule has 3 rings (SSSR count). The van der Waals surface area contributed by atoms with Gasteiger partial charge in [0.1, 0.15) is 0 Å². The van der Waals surface area contributed by atoms with Crippen molar-refractivity contribution in [2.75, 3.05) is 0 Å². The normalized spacial score (nSPS) is 10.9. The van der Waals surface area contributed by atoms with Gasteiger partial charge in [-0.05, 0) is 47.0 Å². The van der Waals surface area contributed by atoms with Gasteiger partial charge in [-0.2, -0.15) is 4.68 Å². The molecule has 0 aliphatic rings. The van der Waals surface area contributed by atoms with E-state index in [1.165, 1.54) is 11.1 Å². The highest BCUT2D eigenvalue weighted by molar-refractivity contribution is 7.98. The third-order valence-electron chi connectivity index (χ3n) is 3.59. The van der Waals surface area contributed by atoms with Crippen molar-refractivity contribution in [2.24, 2.45) is 0 Å². The first kappa shape index (κ1) is 15.7. The molecule has 5 nitrogen and oxygen atoms in total. The third-order valence-corrected chi connectivity index (χ3v) is 4.59. The molecule has 0 bridgehead atoms. The fourth-order valence-electron chi connectivity index (χ4n) is 2.35. The second kappa shape index (κ2) is 6.93. The number of aromatic nitrogens is 4. The van der Waals surface area contributed by atoms with E-state index in [9.17, 15) is 0 Å². The standard InChI is InChI=1S/C17H18N4OS/c1-12-3-8-16(13(2)9-12)21-17(18-19-20-21)23-11-15-6-4-14(10-22)5-7-15/h3-9,22H,10-11H2,1-2H3. The predicted molar refractivity (Wildman–Crippen MR) is 90.6 cm³/mol. The first-order valence-electron chi connectivity index (χ1n) is 7.35. The van der Waals surface area contributed by atoms with E-state index in [4.69, 9.17) is 5.11 Å². The molecule has 0 unspecified atom stereocenters. The van der Waals surface area contributed by atoms with Gasteiger partial charge in [0.25, 0.3) is 0 Å². The molecule has 1 aromatic heterocycles. The zero-order chi connectivity index (χ0) is 16.2. The lowest BCUT2D eigenvalue weighted by atomic mass is 10.1. The molecular formula is C17H18N4OS. The van der Waals surface area contributed by atoms with E-state index in [1.807, 2.05) is 30.3 Å². The summed E-state index contributed by atoms with van der Waals surface area (Å²) in [5.41, 5.74) is 5.45. The monoisotopic (exact) mass is 326 g/mol. The van der Waals surface area contributed by atoms with Crippen LogP contribution in [0.25, 0.3) is 5.69 Å². The highest BCUT2D eigenvalue weighted by Gasteiger charge is 2.11. The van der Waals surface area contributed by atoms with Gasteiger partial charge in [-0.25, -0.2) is 0 Å². The number of aliphatic hydroxyl groups excluding tert-OH is 1. The van der Waals surface area contributed by atoms with E-state index < -0.39 is 0 Å². The van der Waals surface area contributed by atoms with Crippen LogP contribution in [0.2, 0.25) is 0 Å². The van der Waals surface area contributed by atoms with Gasteiger partial charge in [0.15, 0.2) is 0 Å². The van der Waals surface area contributed by atoms with Crippen LogP contribution in [0.3, 0.4) is 0 Å². The molecule has 2 aromatic carbocycles. The number of hydrogen-bond donors (Lipinski definition) is 1. The van der Waals surface area contributed by atoms with Gasteiger partial charge in [-0.15, -0.1) is 5.10 Å². The lowest BCUT2D eigenvalue weighted by Gasteiger charge is -2.08. The van der Waals surface area contributed by atoms with Crippen LogP contribution >= 0.6 is 11.8 Å². The largest absolute Gasteiger partial charge is 0.392 e. The average Bonchev–Trinajstić information content (AvgIpc) is 3.01. The van der Waals surface area contributed by atoms with E-state index in [0.29, 0.717) is 0 Å². The molecule has 0 saturated heterocycles. The summed E-state index contributed by atoms with van der Waals surface area (Å²) < 4.78 is 1.78. The Kier molecular flexibility index (Phi) is 4.73. The number of aliphatic hydroxyl groups is 1. The summed E-state index contributed by atoms with van der Waals surface area (Å²) in [6.45, 7) is 4.20. The van der Waals surface area contributed by atoms with Crippen LogP contribution in [-0.4, -0.2) is 25.3 Å². The zero-order valence-corrected chi connectivity index (χ0v) is 13.9. The van der Waals surface area contributed by atoms with Crippen LogP contribution < -0.4 is 0 Å². The number of thioether (sulfide) groups is 1. The summed E-state index contributed by atoms with van der Waals surface area (Å²) >= 11 is 1.59. The quantitative estimate of drug-likeness (QED) is 0.730. The Bertz CT molecular complexity index is 799. The molecule has 0 spiro atoms. The second-order valence-corrected chi connectivity index (χ2v) is 6.37. The topological polar surface area (TPSA) is 63.8 Å². The van der Waals surface area contributed by atoms with Crippen molar-refractivity contribution in [3.05, 3.63) is 64.7 Å². The highest BCUT2D eigenvalue weighted by atomic mass is 32.2. The molecule has 6 heteroatoms. The molecule has 0 aliphatic carbocycles. The summed E-state index contributed by atoms with van der Waals surface area (Å²) in [6.07, 6.45) is 0. The van der Waals surface area contributed by atoms with Gasteiger partial charge in [0, 0.05) is 5.75 Å². The van der Waals surface area contributed by atoms with Crippen molar-refractivity contribution in [1.29, 1.82) is 0 Å². The summed E-state index contributed by atoms with van der Waals surface area (Å²) in [5, 5.41) is 21.9. The second-order valence-electron chi connectivity index (χ2n) is 5.43. The van der Waals surface area contributed by atoms with Crippen LogP contribution in [-0.2, 0) is 12.4 Å². The Labute approximate surface area is 139 Å². The fraction of sp³-hybridized carbons (Fsp3) is 0.235. The van der Waals surface area contributed by atoms with Gasteiger partial charge in [-0.1, -0.05) is 53.7 Å². The average molecular weight is 326 g/mol. The first-order valence-corrected chi connectivity index (χ1v) is 8.33. The fourth-order valence-corrected chi connectivity index (χ4v) is 3.19. The SMILES string of the molecule is Cc1ccc(-n2nnnc2SCc2ccc(CO)cc2)c(C)c1. The lowest BCUT2D eigenvalue weighted by Crippen LogP contribution is -2.01. The number of aryl methyl sites for hydroxylation is 2. The van der Waals surface area contributed by atoms with Crippen LogP contribution in [0.5, 0.6) is 0 Å². The lowest BCUT2D eigenvalue weighted by molar-refractivity contribution is 0.282. The maximum absolute atomic E-state index is 9.08. The highest BCUT2D eigenvalue weighted by Crippen LogP contribution is 2.24. The first-order chi connectivity index (χ1) is 11.2. The van der Waals surface area contributed by atoms with Gasteiger partial charge in [0.2, 0.25) is 5.16 Å². The van der Waals surface area contributed by atoms with Crippen molar-refractivity contribution in [1.82, 2.24) is 20.2 Å². The predicted octanol–water partition coefficient (Wildman–Crippen LogP) is 3.06. The van der Waals surface area contributed by atoms with Crippen molar-refractivity contribution in [3.8, 4) is 5.69 Å². The summed E-state index contributed by atoms with van der Waals surface area (Å²) in [4.78, 5) is 0. The zero-order valence-electron chi connectivity index (χ0n) is 13.1. The minimum absolute atomic E-state index is 0.0678. The third kappa shape index (κ3) is 3.60. The number of hydrogen-bond acceptors (Lipinski definition) is 5. The molecule has 1 heterocycles. The van der Waals surface area contributed by atoms with Crippen LogP contribution in [0.4, 0.5) is 0 Å². The van der Waals surface area contributed by atoms with Crippen LogP contribution in [0.1, 0.15) is 22.3 Å². The summed E-state index contributed by atoms with van der Waals surface area (Å²) in [5.74, 6) is 0.775. The maximum atomic E-state index is 9.08. The molecule has 3 aromatic rings. The van der Waals surface area contributed by atoms with Crippen LogP contribution in [0.15, 0.2) is 47.6 Å². The Morgan fingerprint density at radius 3 is 2.48 bits per heavy atom. The number of tetrazole rings is 1. The number of benzene rings is 2.